The highest BCUT2D eigenvalue weighted by Gasteiger charge is 2.41. The minimum atomic E-state index is 0.233. The third-order valence-electron chi connectivity index (χ3n) is 5.88. The van der Waals surface area contributed by atoms with Crippen molar-refractivity contribution in [1.29, 1.82) is 0 Å². The van der Waals surface area contributed by atoms with E-state index in [-0.39, 0.29) is 5.91 Å². The quantitative estimate of drug-likeness (QED) is 0.850. The molecule has 2 aliphatic heterocycles. The molecule has 0 atom stereocenters. The first-order valence-corrected chi connectivity index (χ1v) is 9.51. The van der Waals surface area contributed by atoms with E-state index in [1.165, 1.54) is 6.42 Å². The van der Waals surface area contributed by atoms with Crippen molar-refractivity contribution in [2.24, 2.45) is 5.41 Å². The molecule has 4 heterocycles. The van der Waals surface area contributed by atoms with Gasteiger partial charge in [-0.1, -0.05) is 12.1 Å². The average Bonchev–Trinajstić information content (AvgIpc) is 3.06. The zero-order chi connectivity index (χ0) is 17.8. The first kappa shape index (κ1) is 17.2. The average molecular weight is 350 g/mol. The Morgan fingerprint density at radius 3 is 2.62 bits per heavy atom. The minimum absolute atomic E-state index is 0.233. The summed E-state index contributed by atoms with van der Waals surface area (Å²) in [6.07, 6.45) is 9.34. The van der Waals surface area contributed by atoms with Gasteiger partial charge in [-0.15, -0.1) is 0 Å². The summed E-state index contributed by atoms with van der Waals surface area (Å²) in [6.45, 7) is 4.98. The van der Waals surface area contributed by atoms with Gasteiger partial charge >= 0.3 is 0 Å². The van der Waals surface area contributed by atoms with E-state index in [4.69, 9.17) is 0 Å². The monoisotopic (exact) mass is 350 g/mol. The van der Waals surface area contributed by atoms with Crippen molar-refractivity contribution < 1.29 is 4.79 Å². The van der Waals surface area contributed by atoms with Crippen molar-refractivity contribution in [1.82, 2.24) is 19.8 Å². The van der Waals surface area contributed by atoms with E-state index in [0.717, 1.165) is 56.8 Å². The van der Waals surface area contributed by atoms with E-state index < -0.39 is 0 Å². The lowest BCUT2D eigenvalue weighted by Gasteiger charge is -2.39. The van der Waals surface area contributed by atoms with Gasteiger partial charge in [0.05, 0.1) is 12.1 Å². The topological polar surface area (TPSA) is 49.3 Å². The summed E-state index contributed by atoms with van der Waals surface area (Å²) in [5.74, 6) is 0.233. The van der Waals surface area contributed by atoms with Crippen LogP contribution in [0, 0.1) is 5.41 Å². The molecule has 4 rings (SSSR count). The molecular formula is C21H26N4O. The second-order valence-electron chi connectivity index (χ2n) is 7.70. The molecule has 2 aromatic rings. The smallest absolute Gasteiger partial charge is 0.227 e. The van der Waals surface area contributed by atoms with Crippen molar-refractivity contribution in [2.75, 3.05) is 26.2 Å². The maximum Gasteiger partial charge on any atom is 0.227 e. The Morgan fingerprint density at radius 1 is 1.04 bits per heavy atom. The lowest BCUT2D eigenvalue weighted by atomic mass is 9.77. The van der Waals surface area contributed by atoms with Gasteiger partial charge in [0.15, 0.2) is 0 Å². The van der Waals surface area contributed by atoms with Crippen LogP contribution in [0.15, 0.2) is 48.9 Å². The Bertz CT molecular complexity index is 726. The van der Waals surface area contributed by atoms with Gasteiger partial charge in [0, 0.05) is 44.8 Å². The SMILES string of the molecule is O=C(Cc1cccnc1)N1CCC2(CCN(Cc3ccccn3)C2)CC1. The predicted molar refractivity (Wildman–Crippen MR) is 100 cm³/mol. The Hall–Kier alpha value is -2.27. The van der Waals surface area contributed by atoms with E-state index in [1.807, 2.05) is 29.3 Å². The molecule has 2 fully saturated rings. The molecule has 1 amide bonds. The van der Waals surface area contributed by atoms with E-state index in [9.17, 15) is 4.79 Å². The Balaban J connectivity index is 1.29. The number of hydrogen-bond donors (Lipinski definition) is 0. The highest BCUT2D eigenvalue weighted by molar-refractivity contribution is 5.78. The minimum Gasteiger partial charge on any atom is -0.342 e. The normalized spacial score (nSPS) is 19.8. The maximum absolute atomic E-state index is 12.6. The molecule has 5 heteroatoms. The highest BCUT2D eigenvalue weighted by atomic mass is 16.2. The van der Waals surface area contributed by atoms with Gasteiger partial charge in [-0.2, -0.15) is 0 Å². The van der Waals surface area contributed by atoms with Crippen LogP contribution in [0.25, 0.3) is 0 Å². The van der Waals surface area contributed by atoms with Crippen LogP contribution < -0.4 is 0 Å². The molecule has 26 heavy (non-hydrogen) atoms. The summed E-state index contributed by atoms with van der Waals surface area (Å²) in [4.78, 5) is 25.7. The van der Waals surface area contributed by atoms with E-state index in [0.29, 0.717) is 11.8 Å². The summed E-state index contributed by atoms with van der Waals surface area (Å²) in [5, 5.41) is 0. The molecule has 0 aromatic carbocycles. The Labute approximate surface area is 155 Å². The van der Waals surface area contributed by atoms with Crippen LogP contribution in [0.5, 0.6) is 0 Å². The van der Waals surface area contributed by atoms with Crippen molar-refractivity contribution >= 4 is 5.91 Å². The third kappa shape index (κ3) is 3.93. The van der Waals surface area contributed by atoms with E-state index >= 15 is 0 Å². The summed E-state index contributed by atoms with van der Waals surface area (Å²) >= 11 is 0. The number of carbonyl (C=O) groups is 1. The first-order chi connectivity index (χ1) is 12.7. The van der Waals surface area contributed by atoms with Crippen molar-refractivity contribution in [3.8, 4) is 0 Å². The lowest BCUT2D eigenvalue weighted by molar-refractivity contribution is -0.132. The number of rotatable bonds is 4. The molecular weight excluding hydrogens is 324 g/mol. The summed E-state index contributed by atoms with van der Waals surface area (Å²) < 4.78 is 0. The van der Waals surface area contributed by atoms with Crippen LogP contribution in [-0.4, -0.2) is 51.9 Å². The Kier molecular flexibility index (Phi) is 4.98. The van der Waals surface area contributed by atoms with Gasteiger partial charge in [0.2, 0.25) is 5.91 Å². The van der Waals surface area contributed by atoms with Crippen LogP contribution in [0.3, 0.4) is 0 Å². The Morgan fingerprint density at radius 2 is 1.88 bits per heavy atom. The van der Waals surface area contributed by atoms with Crippen molar-refractivity contribution in [3.63, 3.8) is 0 Å². The highest BCUT2D eigenvalue weighted by Crippen LogP contribution is 2.40. The molecule has 0 aliphatic carbocycles. The fourth-order valence-corrected chi connectivity index (χ4v) is 4.31. The second-order valence-corrected chi connectivity index (χ2v) is 7.70. The lowest BCUT2D eigenvalue weighted by Crippen LogP contribution is -2.44. The number of piperidine rings is 1. The number of amides is 1. The molecule has 0 bridgehead atoms. The van der Waals surface area contributed by atoms with Crippen LogP contribution in [-0.2, 0) is 17.8 Å². The predicted octanol–water partition coefficient (Wildman–Crippen LogP) is 2.53. The molecule has 0 unspecified atom stereocenters. The number of nitrogens with zero attached hydrogens (tertiary/aromatic N) is 4. The number of hydrogen-bond acceptors (Lipinski definition) is 4. The van der Waals surface area contributed by atoms with E-state index in [1.54, 1.807) is 12.4 Å². The fraction of sp³-hybridized carbons (Fsp3) is 0.476. The van der Waals surface area contributed by atoms with Crippen molar-refractivity contribution in [2.45, 2.75) is 32.2 Å². The molecule has 5 nitrogen and oxygen atoms in total. The van der Waals surface area contributed by atoms with Crippen LogP contribution in [0.2, 0.25) is 0 Å². The van der Waals surface area contributed by atoms with Crippen molar-refractivity contribution in [3.05, 3.63) is 60.2 Å². The standard InChI is InChI=1S/C21H26N4O/c26-20(14-18-4-3-9-22-15-18)25-12-7-21(8-13-25)6-11-24(17-21)16-19-5-1-2-10-23-19/h1-5,9-10,15H,6-8,11-14,16-17H2. The number of likely N-dealkylation sites (tertiary alicyclic amines) is 2. The summed E-state index contributed by atoms with van der Waals surface area (Å²) in [7, 11) is 0. The second kappa shape index (κ2) is 7.54. The van der Waals surface area contributed by atoms with E-state index in [2.05, 4.69) is 27.0 Å². The molecule has 2 saturated heterocycles. The summed E-state index contributed by atoms with van der Waals surface area (Å²) in [5.41, 5.74) is 2.54. The molecule has 0 saturated carbocycles. The van der Waals surface area contributed by atoms with Crippen LogP contribution in [0.1, 0.15) is 30.5 Å². The molecule has 1 spiro atoms. The zero-order valence-electron chi connectivity index (χ0n) is 15.2. The number of carbonyl (C=O) groups excluding carboxylic acids is 1. The zero-order valence-corrected chi connectivity index (χ0v) is 15.2. The van der Waals surface area contributed by atoms with Gasteiger partial charge in [0.1, 0.15) is 0 Å². The molecule has 2 aliphatic rings. The van der Waals surface area contributed by atoms with Crippen LogP contribution in [0.4, 0.5) is 0 Å². The van der Waals surface area contributed by atoms with Gasteiger partial charge in [-0.05, 0) is 55.0 Å². The maximum atomic E-state index is 12.6. The number of pyridine rings is 2. The van der Waals surface area contributed by atoms with Gasteiger partial charge < -0.3 is 4.90 Å². The third-order valence-corrected chi connectivity index (χ3v) is 5.88. The molecule has 0 N–H and O–H groups in total. The molecule has 0 radical (unpaired) electrons. The molecule has 136 valence electrons. The van der Waals surface area contributed by atoms with Gasteiger partial charge in [-0.3, -0.25) is 19.7 Å². The molecule has 2 aromatic heterocycles. The summed E-state index contributed by atoms with van der Waals surface area (Å²) in [6, 6.07) is 9.99. The van der Waals surface area contributed by atoms with Crippen LogP contribution >= 0.6 is 0 Å². The largest absolute Gasteiger partial charge is 0.342 e. The number of aromatic nitrogens is 2. The first-order valence-electron chi connectivity index (χ1n) is 9.51. The fourth-order valence-electron chi connectivity index (χ4n) is 4.31. The van der Waals surface area contributed by atoms with Gasteiger partial charge in [0.25, 0.3) is 0 Å². The van der Waals surface area contributed by atoms with Gasteiger partial charge in [-0.25, -0.2) is 0 Å².